The molecule has 5 nitrogen and oxygen atoms in total. The minimum absolute atomic E-state index is 0.0979. The predicted molar refractivity (Wildman–Crippen MR) is 36.1 cm³/mol. The Morgan fingerprint density at radius 3 is 3.30 bits per heavy atom. The molecule has 0 aromatic carbocycles. The Balaban J connectivity index is 2.91. The second kappa shape index (κ2) is 1.66. The van der Waals surface area contributed by atoms with E-state index in [9.17, 15) is 0 Å². The lowest BCUT2D eigenvalue weighted by Crippen LogP contribution is -1.91. The number of hydrogen-bond donors (Lipinski definition) is 2. The number of fused-ring (bicyclic) bond motifs is 1. The summed E-state index contributed by atoms with van der Waals surface area (Å²) in [5.74, 6) is 0.237. The van der Waals surface area contributed by atoms with Gasteiger partial charge in [-0.05, 0) is 0 Å². The molecule has 0 bridgehead atoms. The van der Waals surface area contributed by atoms with E-state index in [1.165, 1.54) is 6.33 Å². The highest BCUT2D eigenvalue weighted by Gasteiger charge is 1.99. The summed E-state index contributed by atoms with van der Waals surface area (Å²) < 4.78 is 7.11. The molecule has 0 saturated heterocycles. The van der Waals surface area contributed by atoms with Gasteiger partial charge in [-0.25, -0.2) is 15.0 Å². The number of nitrogen functional groups attached to an aromatic ring is 1. The highest BCUT2D eigenvalue weighted by molar-refractivity contribution is 5.80. The number of nitrogens with two attached hydrogens (primary N) is 1. The van der Waals surface area contributed by atoms with Crippen LogP contribution < -0.4 is 5.73 Å². The molecule has 0 aliphatic rings. The number of imidazole rings is 1. The number of aromatic nitrogens is 4. The van der Waals surface area contributed by atoms with Gasteiger partial charge < -0.3 is 10.7 Å². The van der Waals surface area contributed by atoms with Gasteiger partial charge in [0.1, 0.15) is 13.2 Å². The Hall–Kier alpha value is -1.65. The van der Waals surface area contributed by atoms with Crippen LogP contribution in [0.4, 0.5) is 5.82 Å². The molecule has 0 aliphatic heterocycles. The van der Waals surface area contributed by atoms with Crippen molar-refractivity contribution in [1.82, 2.24) is 19.9 Å². The second-order valence-electron chi connectivity index (χ2n) is 1.81. The van der Waals surface area contributed by atoms with E-state index >= 15 is 0 Å². The molecule has 0 saturated carbocycles. The van der Waals surface area contributed by atoms with Crippen LogP contribution in [0.1, 0.15) is 1.37 Å². The maximum Gasteiger partial charge on any atom is 0.162 e. The van der Waals surface area contributed by atoms with E-state index in [0.29, 0.717) is 11.2 Å². The molecule has 2 aromatic rings. The first-order valence-corrected chi connectivity index (χ1v) is 2.70. The van der Waals surface area contributed by atoms with Crippen LogP contribution in [-0.2, 0) is 0 Å². The smallest absolute Gasteiger partial charge is 0.162 e. The van der Waals surface area contributed by atoms with Gasteiger partial charge in [-0.15, -0.1) is 0 Å². The zero-order valence-corrected chi connectivity index (χ0v) is 5.00. The van der Waals surface area contributed by atoms with Gasteiger partial charge in [-0.1, -0.05) is 0 Å². The van der Waals surface area contributed by atoms with Crippen LogP contribution in [0.15, 0.2) is 12.6 Å². The van der Waals surface area contributed by atoms with Crippen LogP contribution in [0.2, 0.25) is 0 Å². The highest BCUT2D eigenvalue weighted by Crippen LogP contribution is 2.09. The average Bonchev–Trinajstić information content (AvgIpc) is 2.34. The van der Waals surface area contributed by atoms with Crippen molar-refractivity contribution in [3.63, 3.8) is 0 Å². The summed E-state index contributed by atoms with van der Waals surface area (Å²) >= 11 is 0. The lowest BCUT2D eigenvalue weighted by Gasteiger charge is -1.88. The first kappa shape index (κ1) is 4.21. The molecule has 0 radical (unpaired) electrons. The van der Waals surface area contributed by atoms with Gasteiger partial charge in [0.15, 0.2) is 11.5 Å². The van der Waals surface area contributed by atoms with E-state index in [-0.39, 0.29) is 12.1 Å². The largest absolute Gasteiger partial charge is 0.382 e. The SMILES string of the molecule is [3H]c1nc(N)c2nc[nH]c2n1. The zero-order valence-electron chi connectivity index (χ0n) is 6.00. The zero-order chi connectivity index (χ0) is 7.84. The summed E-state index contributed by atoms with van der Waals surface area (Å²) in [6.07, 6.45) is 1.37. The van der Waals surface area contributed by atoms with Gasteiger partial charge in [0.05, 0.1) is 6.33 Å². The molecule has 3 N–H and O–H groups in total. The van der Waals surface area contributed by atoms with Crippen molar-refractivity contribution < 1.29 is 1.37 Å². The molecule has 0 amide bonds. The van der Waals surface area contributed by atoms with Crippen molar-refractivity contribution in [1.29, 1.82) is 0 Å². The van der Waals surface area contributed by atoms with Crippen LogP contribution >= 0.6 is 0 Å². The first-order valence-electron chi connectivity index (χ1n) is 3.20. The van der Waals surface area contributed by atoms with Crippen LogP contribution in [-0.4, -0.2) is 19.9 Å². The van der Waals surface area contributed by atoms with Crippen molar-refractivity contribution in [3.8, 4) is 0 Å². The molecule has 10 heavy (non-hydrogen) atoms. The average molecular weight is 137 g/mol. The van der Waals surface area contributed by atoms with Gasteiger partial charge in [0.2, 0.25) is 0 Å². The number of nitrogens with one attached hydrogen (secondary N) is 1. The summed E-state index contributed by atoms with van der Waals surface area (Å²) in [4.78, 5) is 14.0. The maximum absolute atomic E-state index is 7.11. The van der Waals surface area contributed by atoms with E-state index in [0.717, 1.165) is 0 Å². The molecule has 50 valence electrons. The highest BCUT2D eigenvalue weighted by atomic mass is 15.0. The summed E-state index contributed by atoms with van der Waals surface area (Å²) in [6, 6.07) is 0. The Bertz CT molecular complexity index is 395. The summed E-state index contributed by atoms with van der Waals surface area (Å²) in [5, 5.41) is 0. The Labute approximate surface area is 57.7 Å². The molecule has 0 spiro atoms. The van der Waals surface area contributed by atoms with Crippen molar-refractivity contribution in [3.05, 3.63) is 12.6 Å². The van der Waals surface area contributed by atoms with Crippen LogP contribution in [0, 0.1) is 0 Å². The quantitative estimate of drug-likeness (QED) is 0.532. The van der Waals surface area contributed by atoms with E-state index in [1.807, 2.05) is 0 Å². The summed E-state index contributed by atoms with van der Waals surface area (Å²) in [6.45, 7) is 0. The lowest BCUT2D eigenvalue weighted by atomic mass is 10.5. The monoisotopic (exact) mass is 137 g/mol. The molecule has 0 atom stereocenters. The minimum Gasteiger partial charge on any atom is -0.382 e. The van der Waals surface area contributed by atoms with Crippen molar-refractivity contribution in [2.75, 3.05) is 5.73 Å². The third-order valence-corrected chi connectivity index (χ3v) is 1.19. The van der Waals surface area contributed by atoms with Gasteiger partial charge in [-0.2, -0.15) is 0 Å². The lowest BCUT2D eigenvalue weighted by molar-refractivity contribution is 1.21. The molecular weight excluding hydrogens is 130 g/mol. The second-order valence-corrected chi connectivity index (χ2v) is 1.81. The fourth-order valence-corrected chi connectivity index (χ4v) is 0.742. The van der Waals surface area contributed by atoms with Gasteiger partial charge >= 0.3 is 0 Å². The number of rotatable bonds is 0. The van der Waals surface area contributed by atoms with E-state index in [2.05, 4.69) is 19.9 Å². The van der Waals surface area contributed by atoms with E-state index in [4.69, 9.17) is 7.10 Å². The van der Waals surface area contributed by atoms with Crippen LogP contribution in [0.3, 0.4) is 0 Å². The topological polar surface area (TPSA) is 80.5 Å². The van der Waals surface area contributed by atoms with Gasteiger partial charge in [0, 0.05) is 0 Å². The summed E-state index contributed by atoms with van der Waals surface area (Å²) in [7, 11) is 0. The Morgan fingerprint density at radius 2 is 2.40 bits per heavy atom. The Morgan fingerprint density at radius 1 is 1.50 bits per heavy atom. The van der Waals surface area contributed by atoms with E-state index in [1.54, 1.807) is 0 Å². The molecule has 2 rings (SSSR count). The van der Waals surface area contributed by atoms with Crippen LogP contribution in [0.25, 0.3) is 11.2 Å². The molecule has 2 aromatic heterocycles. The number of H-pyrrole nitrogens is 1. The normalized spacial score (nSPS) is 11.8. The van der Waals surface area contributed by atoms with Gasteiger partial charge in [0.25, 0.3) is 0 Å². The fraction of sp³-hybridized carbons (Fsp3) is 0. The number of aromatic amines is 1. The molecular formula is C5H5N5. The number of nitrogens with zero attached hydrogens (tertiary/aromatic N) is 3. The van der Waals surface area contributed by atoms with Gasteiger partial charge in [-0.3, -0.25) is 0 Å². The van der Waals surface area contributed by atoms with Crippen molar-refractivity contribution in [2.45, 2.75) is 0 Å². The van der Waals surface area contributed by atoms with E-state index < -0.39 is 0 Å². The fourth-order valence-electron chi connectivity index (χ4n) is 0.742. The minimum atomic E-state index is -0.0979. The Kier molecular flexibility index (Phi) is 0.700. The third-order valence-electron chi connectivity index (χ3n) is 1.19. The van der Waals surface area contributed by atoms with Crippen molar-refractivity contribution >= 4 is 17.0 Å². The third kappa shape index (κ3) is 0.540. The molecule has 0 aliphatic carbocycles. The predicted octanol–water partition coefficient (Wildman–Crippen LogP) is -0.0649. The number of hydrogen-bond acceptors (Lipinski definition) is 4. The maximum atomic E-state index is 7.11. The summed E-state index contributed by atoms with van der Waals surface area (Å²) in [5.41, 5.74) is 6.47. The van der Waals surface area contributed by atoms with Crippen LogP contribution in [0.5, 0.6) is 0 Å². The molecule has 0 unspecified atom stereocenters. The molecule has 0 fully saturated rings. The van der Waals surface area contributed by atoms with Crippen molar-refractivity contribution in [2.24, 2.45) is 0 Å². The number of anilines is 1. The molecule has 5 heteroatoms. The molecule has 2 heterocycles. The first-order chi connectivity index (χ1) is 5.27. The standard InChI is InChI=1S/C5H5N5/c6-4-3-5(9-1-7-3)10-2-8-4/h1-2H,(H3,6,7,8,9,10)/i2T.